The Morgan fingerprint density at radius 2 is 1.88 bits per heavy atom. The number of carbonyl (C=O) groups is 1. The SMILES string of the molecule is CCOc1cccc(C(=O)Nc2c(O)ccc(C(C)(C)C)c2O)c1. The third kappa shape index (κ3) is 3.79. The van der Waals surface area contributed by atoms with Gasteiger partial charge in [-0.1, -0.05) is 32.9 Å². The van der Waals surface area contributed by atoms with Gasteiger partial charge in [-0.15, -0.1) is 0 Å². The smallest absolute Gasteiger partial charge is 0.256 e. The van der Waals surface area contributed by atoms with Gasteiger partial charge in [-0.25, -0.2) is 0 Å². The zero-order valence-electron chi connectivity index (χ0n) is 14.4. The lowest BCUT2D eigenvalue weighted by Crippen LogP contribution is -2.15. The summed E-state index contributed by atoms with van der Waals surface area (Å²) in [6.07, 6.45) is 0. The summed E-state index contributed by atoms with van der Waals surface area (Å²) < 4.78 is 5.38. The van der Waals surface area contributed by atoms with Gasteiger partial charge in [0.15, 0.2) is 0 Å². The van der Waals surface area contributed by atoms with E-state index < -0.39 is 5.91 Å². The number of rotatable bonds is 4. The maximum Gasteiger partial charge on any atom is 0.256 e. The highest BCUT2D eigenvalue weighted by Gasteiger charge is 2.23. The van der Waals surface area contributed by atoms with Crippen molar-refractivity contribution in [1.82, 2.24) is 0 Å². The number of phenols is 2. The van der Waals surface area contributed by atoms with Crippen molar-refractivity contribution in [2.75, 3.05) is 11.9 Å². The van der Waals surface area contributed by atoms with Crippen LogP contribution in [0.5, 0.6) is 17.2 Å². The summed E-state index contributed by atoms with van der Waals surface area (Å²) in [7, 11) is 0. The average molecular weight is 329 g/mol. The number of anilines is 1. The molecule has 0 saturated carbocycles. The molecule has 24 heavy (non-hydrogen) atoms. The molecule has 0 aliphatic heterocycles. The Morgan fingerprint density at radius 3 is 2.50 bits per heavy atom. The van der Waals surface area contributed by atoms with Gasteiger partial charge in [0.1, 0.15) is 22.9 Å². The summed E-state index contributed by atoms with van der Waals surface area (Å²) in [5.41, 5.74) is 0.695. The molecule has 0 aliphatic carbocycles. The van der Waals surface area contributed by atoms with Crippen LogP contribution in [-0.4, -0.2) is 22.7 Å². The molecule has 0 heterocycles. The van der Waals surface area contributed by atoms with Crippen molar-refractivity contribution in [3.8, 4) is 17.2 Å². The minimum absolute atomic E-state index is 0.00855. The van der Waals surface area contributed by atoms with Crippen molar-refractivity contribution >= 4 is 11.6 Å². The second-order valence-electron chi connectivity index (χ2n) is 6.52. The molecule has 2 aromatic rings. The Hall–Kier alpha value is -2.69. The minimum atomic E-state index is -0.437. The van der Waals surface area contributed by atoms with Gasteiger partial charge >= 0.3 is 0 Å². The number of amides is 1. The monoisotopic (exact) mass is 329 g/mol. The van der Waals surface area contributed by atoms with Crippen LogP contribution in [0.25, 0.3) is 0 Å². The van der Waals surface area contributed by atoms with Crippen LogP contribution in [-0.2, 0) is 5.41 Å². The van der Waals surface area contributed by atoms with Gasteiger partial charge in [0.2, 0.25) is 0 Å². The lowest BCUT2D eigenvalue weighted by atomic mass is 9.86. The number of hydrogen-bond acceptors (Lipinski definition) is 4. The molecule has 5 nitrogen and oxygen atoms in total. The van der Waals surface area contributed by atoms with Gasteiger partial charge in [-0.3, -0.25) is 4.79 Å². The molecular formula is C19H23NO4. The Morgan fingerprint density at radius 1 is 1.17 bits per heavy atom. The highest BCUT2D eigenvalue weighted by molar-refractivity contribution is 6.06. The highest BCUT2D eigenvalue weighted by atomic mass is 16.5. The molecular weight excluding hydrogens is 306 g/mol. The molecule has 1 amide bonds. The van der Waals surface area contributed by atoms with E-state index >= 15 is 0 Å². The fourth-order valence-corrected chi connectivity index (χ4v) is 2.39. The van der Waals surface area contributed by atoms with E-state index in [-0.39, 0.29) is 22.6 Å². The van der Waals surface area contributed by atoms with Crippen LogP contribution < -0.4 is 10.1 Å². The van der Waals surface area contributed by atoms with Crippen molar-refractivity contribution in [3.05, 3.63) is 47.5 Å². The molecule has 2 rings (SSSR count). The van der Waals surface area contributed by atoms with Crippen LogP contribution in [0.2, 0.25) is 0 Å². The zero-order chi connectivity index (χ0) is 17.9. The molecule has 5 heteroatoms. The number of nitrogens with one attached hydrogen (secondary N) is 1. The van der Waals surface area contributed by atoms with Gasteiger partial charge in [0.25, 0.3) is 5.91 Å². The lowest BCUT2D eigenvalue weighted by Gasteiger charge is -2.22. The van der Waals surface area contributed by atoms with Crippen LogP contribution in [0, 0.1) is 0 Å². The zero-order valence-corrected chi connectivity index (χ0v) is 14.4. The summed E-state index contributed by atoms with van der Waals surface area (Å²) in [5, 5.41) is 23.0. The fraction of sp³-hybridized carbons (Fsp3) is 0.316. The Labute approximate surface area is 141 Å². The van der Waals surface area contributed by atoms with Crippen molar-refractivity contribution < 1.29 is 19.7 Å². The van der Waals surface area contributed by atoms with Crippen molar-refractivity contribution in [1.29, 1.82) is 0 Å². The van der Waals surface area contributed by atoms with E-state index in [1.165, 1.54) is 6.07 Å². The van der Waals surface area contributed by atoms with Gasteiger partial charge in [0, 0.05) is 11.1 Å². The van der Waals surface area contributed by atoms with E-state index in [4.69, 9.17) is 4.74 Å². The molecule has 0 unspecified atom stereocenters. The topological polar surface area (TPSA) is 78.8 Å². The van der Waals surface area contributed by atoms with Gasteiger partial charge in [0.05, 0.1) is 6.61 Å². The summed E-state index contributed by atoms with van der Waals surface area (Å²) in [6, 6.07) is 9.84. The third-order valence-electron chi connectivity index (χ3n) is 3.61. The molecule has 0 spiro atoms. The first-order valence-corrected chi connectivity index (χ1v) is 7.83. The lowest BCUT2D eigenvalue weighted by molar-refractivity contribution is 0.102. The van der Waals surface area contributed by atoms with Crippen LogP contribution in [0.4, 0.5) is 5.69 Å². The van der Waals surface area contributed by atoms with E-state index in [1.54, 1.807) is 30.3 Å². The number of ether oxygens (including phenoxy) is 1. The minimum Gasteiger partial charge on any atom is -0.506 e. The predicted molar refractivity (Wildman–Crippen MR) is 94.0 cm³/mol. The molecule has 0 atom stereocenters. The molecule has 128 valence electrons. The van der Waals surface area contributed by atoms with Crippen molar-refractivity contribution in [2.45, 2.75) is 33.1 Å². The van der Waals surface area contributed by atoms with E-state index in [1.807, 2.05) is 27.7 Å². The standard InChI is InChI=1S/C19H23NO4/c1-5-24-13-8-6-7-12(11-13)18(23)20-16-15(21)10-9-14(17(16)22)19(2,3)4/h6-11,21-22H,5H2,1-4H3,(H,20,23). The Bertz CT molecular complexity index is 748. The Balaban J connectivity index is 2.34. The van der Waals surface area contributed by atoms with E-state index in [0.717, 1.165) is 0 Å². The molecule has 0 saturated heterocycles. The summed E-state index contributed by atoms with van der Waals surface area (Å²) in [4.78, 5) is 12.4. The van der Waals surface area contributed by atoms with Crippen molar-refractivity contribution in [2.24, 2.45) is 0 Å². The maximum absolute atomic E-state index is 12.4. The fourth-order valence-electron chi connectivity index (χ4n) is 2.39. The number of phenolic OH excluding ortho intramolecular Hbond substituents is 2. The van der Waals surface area contributed by atoms with E-state index in [2.05, 4.69) is 5.32 Å². The van der Waals surface area contributed by atoms with Gasteiger partial charge < -0.3 is 20.3 Å². The first-order chi connectivity index (χ1) is 11.2. The largest absolute Gasteiger partial charge is 0.506 e. The second-order valence-corrected chi connectivity index (χ2v) is 6.52. The van der Waals surface area contributed by atoms with Crippen LogP contribution >= 0.6 is 0 Å². The molecule has 0 radical (unpaired) electrons. The normalized spacial score (nSPS) is 11.2. The van der Waals surface area contributed by atoms with E-state index in [9.17, 15) is 15.0 Å². The first kappa shape index (κ1) is 17.7. The molecule has 3 N–H and O–H groups in total. The number of aromatic hydroxyl groups is 2. The highest BCUT2D eigenvalue weighted by Crippen LogP contribution is 2.41. The summed E-state index contributed by atoms with van der Waals surface area (Å²) in [5.74, 6) is -0.165. The van der Waals surface area contributed by atoms with Crippen LogP contribution in [0.1, 0.15) is 43.6 Å². The molecule has 0 bridgehead atoms. The van der Waals surface area contributed by atoms with E-state index in [0.29, 0.717) is 23.5 Å². The molecule has 0 aliphatic rings. The number of carbonyl (C=O) groups excluding carboxylic acids is 1. The number of benzene rings is 2. The predicted octanol–water partition coefficient (Wildman–Crippen LogP) is 4.05. The molecule has 0 fully saturated rings. The maximum atomic E-state index is 12.4. The van der Waals surface area contributed by atoms with Gasteiger partial charge in [-0.2, -0.15) is 0 Å². The molecule has 2 aromatic carbocycles. The summed E-state index contributed by atoms with van der Waals surface area (Å²) in [6.45, 7) is 8.18. The van der Waals surface area contributed by atoms with Crippen LogP contribution in [0.15, 0.2) is 36.4 Å². The quantitative estimate of drug-likeness (QED) is 0.740. The first-order valence-electron chi connectivity index (χ1n) is 7.83. The second kappa shape index (κ2) is 6.83. The van der Waals surface area contributed by atoms with Crippen LogP contribution in [0.3, 0.4) is 0 Å². The molecule has 0 aromatic heterocycles. The third-order valence-corrected chi connectivity index (χ3v) is 3.61. The van der Waals surface area contributed by atoms with Crippen molar-refractivity contribution in [3.63, 3.8) is 0 Å². The summed E-state index contributed by atoms with van der Waals surface area (Å²) >= 11 is 0. The number of hydrogen-bond donors (Lipinski definition) is 3. The average Bonchev–Trinajstić information content (AvgIpc) is 2.50. The Kier molecular flexibility index (Phi) is 5.02. The van der Waals surface area contributed by atoms with Gasteiger partial charge in [-0.05, 0) is 36.6 Å².